The number of rotatable bonds is 4. The summed E-state index contributed by atoms with van der Waals surface area (Å²) >= 11 is 0. The molecule has 3 aliphatic carbocycles. The first-order valence-corrected chi connectivity index (χ1v) is 20.6. The summed E-state index contributed by atoms with van der Waals surface area (Å²) in [4.78, 5) is 2.29. The highest BCUT2D eigenvalue weighted by molar-refractivity contribution is 6.13. The summed E-state index contributed by atoms with van der Waals surface area (Å²) in [6.45, 7) is 22.3. The molecule has 0 radical (unpaired) electrons. The molecule has 0 spiro atoms. The van der Waals surface area contributed by atoms with Crippen LogP contribution in [0.2, 0.25) is 0 Å². The van der Waals surface area contributed by atoms with E-state index in [0.29, 0.717) is 22.8 Å². The number of ether oxygens (including phenoxy) is 2. The molecule has 7 aromatic rings. The minimum Gasteiger partial charge on any atom is -0.453 e. The maximum atomic E-state index is 7.03. The minimum absolute atomic E-state index is 0.0768. The number of hydrogen-bond donors (Lipinski definition) is 0. The molecule has 0 saturated heterocycles. The third-order valence-corrected chi connectivity index (χ3v) is 13.8. The average molecular weight is 766 g/mol. The van der Waals surface area contributed by atoms with E-state index in [-0.39, 0.29) is 16.2 Å². The Morgan fingerprint density at radius 2 is 1.24 bits per heavy atom. The molecule has 12 rings (SSSR count). The fourth-order valence-corrected chi connectivity index (χ4v) is 11.4. The summed E-state index contributed by atoms with van der Waals surface area (Å²) < 4.78 is 20.6. The molecule has 0 fully saturated rings. The third-order valence-electron chi connectivity index (χ3n) is 13.8. The largest absolute Gasteiger partial charge is 0.453 e. The van der Waals surface area contributed by atoms with Gasteiger partial charge >= 0.3 is 0 Å². The van der Waals surface area contributed by atoms with E-state index in [1.54, 1.807) is 6.08 Å². The van der Waals surface area contributed by atoms with Gasteiger partial charge in [0.2, 0.25) is 0 Å². The molecular weight excluding hydrogens is 723 g/mol. The van der Waals surface area contributed by atoms with E-state index in [9.17, 15) is 0 Å². The monoisotopic (exact) mass is 765 g/mol. The lowest BCUT2D eigenvalue weighted by Crippen LogP contribution is -2.25. The predicted octanol–water partition coefficient (Wildman–Crippen LogP) is 15.5. The van der Waals surface area contributed by atoms with E-state index < -0.39 is 0 Å². The van der Waals surface area contributed by atoms with Gasteiger partial charge in [-0.1, -0.05) is 146 Å². The molecule has 4 nitrogen and oxygen atoms in total. The summed E-state index contributed by atoms with van der Waals surface area (Å²) in [5, 5.41) is 0.863. The number of fused-ring (bicyclic) bond motifs is 11. The minimum atomic E-state index is -0.111. The van der Waals surface area contributed by atoms with Gasteiger partial charge in [0.05, 0.1) is 11.4 Å². The van der Waals surface area contributed by atoms with E-state index in [2.05, 4.69) is 175 Å². The molecular formula is C55H43NO3. The van der Waals surface area contributed by atoms with E-state index in [1.807, 2.05) is 6.08 Å². The fraction of sp³-hybridized carbons (Fsp3) is 0.164. The zero-order valence-electron chi connectivity index (χ0n) is 34.2. The van der Waals surface area contributed by atoms with Crippen molar-refractivity contribution >= 4 is 51.3 Å². The van der Waals surface area contributed by atoms with Crippen LogP contribution in [-0.2, 0) is 10.8 Å². The number of allylic oxidation sites excluding steroid dienone is 4. The van der Waals surface area contributed by atoms with Gasteiger partial charge in [0.15, 0.2) is 28.6 Å². The Balaban J connectivity index is 1.06. The van der Waals surface area contributed by atoms with Crippen molar-refractivity contribution in [3.63, 3.8) is 0 Å². The van der Waals surface area contributed by atoms with Gasteiger partial charge in [-0.2, -0.15) is 0 Å². The van der Waals surface area contributed by atoms with Gasteiger partial charge in [-0.05, 0) is 103 Å². The second-order valence-electron chi connectivity index (χ2n) is 18.2. The fourth-order valence-electron chi connectivity index (χ4n) is 11.4. The second kappa shape index (κ2) is 11.2. The molecule has 5 aliphatic rings. The molecule has 6 aromatic carbocycles. The van der Waals surface area contributed by atoms with Crippen LogP contribution < -0.4 is 14.4 Å². The SMILES string of the molecule is C=Cc1oc2c3c4c(cc2c1C=C)Oc1cc(C2=CC(C)(C)C5=C2c2ccccc2C5(C)C)ccc1N4c1ccc(-c2cccc4c2-c2ccccc2C4(C)C)cc1O3. The first kappa shape index (κ1) is 34.3. The maximum Gasteiger partial charge on any atom is 0.198 e. The zero-order chi connectivity index (χ0) is 40.3. The molecule has 0 N–H and O–H groups in total. The van der Waals surface area contributed by atoms with Gasteiger partial charge in [-0.25, -0.2) is 0 Å². The van der Waals surface area contributed by atoms with Gasteiger partial charge in [-0.15, -0.1) is 0 Å². The van der Waals surface area contributed by atoms with Gasteiger partial charge in [-0.3, -0.25) is 4.90 Å². The number of furan rings is 1. The van der Waals surface area contributed by atoms with E-state index in [4.69, 9.17) is 13.9 Å². The predicted molar refractivity (Wildman–Crippen MR) is 242 cm³/mol. The molecule has 3 heterocycles. The van der Waals surface area contributed by atoms with E-state index in [1.165, 1.54) is 55.7 Å². The molecule has 59 heavy (non-hydrogen) atoms. The van der Waals surface area contributed by atoms with Crippen LogP contribution in [0.3, 0.4) is 0 Å². The summed E-state index contributed by atoms with van der Waals surface area (Å²) in [6.07, 6.45) is 6.01. The van der Waals surface area contributed by atoms with Crippen molar-refractivity contribution in [1.82, 2.24) is 0 Å². The highest BCUT2D eigenvalue weighted by Gasteiger charge is 2.48. The standard InChI is InChI=1S/C55H43NO3/c1-9-32-36-28-46-49-51(50(36)58-43(32)10-2)59-45-26-30(33-18-15-21-40-47(33)34-16-11-13-19-38(34)54(40,5)6)22-24-42(45)56(49)41-25-23-31(27-44(41)57-46)37-29-53(3,4)52-48(37)35-17-12-14-20-39(35)55(52,7)8/h9-29H,1-2H2,3-8H3. The highest BCUT2D eigenvalue weighted by atomic mass is 16.5. The Kier molecular flexibility index (Phi) is 6.53. The quantitative estimate of drug-likeness (QED) is 0.179. The van der Waals surface area contributed by atoms with Gasteiger partial charge < -0.3 is 13.9 Å². The number of nitrogens with zero attached hydrogens (tertiary/aromatic N) is 1. The smallest absolute Gasteiger partial charge is 0.198 e. The third kappa shape index (κ3) is 4.28. The first-order valence-electron chi connectivity index (χ1n) is 20.6. The Bertz CT molecular complexity index is 3180. The van der Waals surface area contributed by atoms with Crippen LogP contribution in [0.25, 0.3) is 56.5 Å². The van der Waals surface area contributed by atoms with Gasteiger partial charge in [0.1, 0.15) is 11.4 Å². The lowest BCUT2D eigenvalue weighted by molar-refractivity contribution is 0.442. The Morgan fingerprint density at radius 1 is 0.593 bits per heavy atom. The van der Waals surface area contributed by atoms with E-state index >= 15 is 0 Å². The van der Waals surface area contributed by atoms with Crippen LogP contribution in [0.1, 0.15) is 80.7 Å². The molecule has 0 amide bonds. The van der Waals surface area contributed by atoms with Crippen LogP contribution in [0.15, 0.2) is 138 Å². The van der Waals surface area contributed by atoms with Crippen LogP contribution in [-0.4, -0.2) is 0 Å². The molecule has 286 valence electrons. The molecule has 0 unspecified atom stereocenters. The maximum absolute atomic E-state index is 7.03. The summed E-state index contributed by atoms with van der Waals surface area (Å²) in [6, 6.07) is 39.8. The summed E-state index contributed by atoms with van der Waals surface area (Å²) in [5.74, 6) is 3.47. The van der Waals surface area contributed by atoms with Crippen molar-refractivity contribution in [2.24, 2.45) is 5.41 Å². The van der Waals surface area contributed by atoms with Gasteiger partial charge in [0, 0.05) is 27.2 Å². The van der Waals surface area contributed by atoms with Crippen molar-refractivity contribution in [2.45, 2.75) is 52.4 Å². The molecule has 0 bridgehead atoms. The lowest BCUT2D eigenvalue weighted by atomic mass is 9.70. The first-order chi connectivity index (χ1) is 28.4. The average Bonchev–Trinajstić information content (AvgIpc) is 3.91. The Labute approximate surface area is 345 Å². The van der Waals surface area contributed by atoms with Crippen LogP contribution in [0.5, 0.6) is 23.0 Å². The highest BCUT2D eigenvalue weighted by Crippen LogP contribution is 2.65. The van der Waals surface area contributed by atoms with Crippen LogP contribution in [0, 0.1) is 5.41 Å². The number of anilines is 3. The molecule has 1 aromatic heterocycles. The normalized spacial score (nSPS) is 17.5. The number of benzene rings is 6. The van der Waals surface area contributed by atoms with Gasteiger partial charge in [0.25, 0.3) is 0 Å². The Morgan fingerprint density at radius 3 is 1.98 bits per heavy atom. The molecule has 2 aliphatic heterocycles. The van der Waals surface area contributed by atoms with Crippen molar-refractivity contribution in [3.05, 3.63) is 173 Å². The summed E-state index contributed by atoms with van der Waals surface area (Å²) in [5.41, 5.74) is 19.3. The molecule has 0 saturated carbocycles. The second-order valence-corrected chi connectivity index (χ2v) is 18.2. The van der Waals surface area contributed by atoms with E-state index in [0.717, 1.165) is 50.6 Å². The Hall–Kier alpha value is -6.78. The zero-order valence-corrected chi connectivity index (χ0v) is 34.2. The summed E-state index contributed by atoms with van der Waals surface area (Å²) in [7, 11) is 0. The topological polar surface area (TPSA) is 34.8 Å². The van der Waals surface area contributed by atoms with Crippen molar-refractivity contribution in [1.29, 1.82) is 0 Å². The van der Waals surface area contributed by atoms with Crippen molar-refractivity contribution in [3.8, 4) is 45.3 Å². The number of hydrogen-bond acceptors (Lipinski definition) is 4. The van der Waals surface area contributed by atoms with Crippen molar-refractivity contribution in [2.75, 3.05) is 4.90 Å². The molecule has 0 atom stereocenters. The van der Waals surface area contributed by atoms with Crippen LogP contribution in [0.4, 0.5) is 17.1 Å². The van der Waals surface area contributed by atoms with Crippen LogP contribution >= 0.6 is 0 Å². The lowest BCUT2D eigenvalue weighted by Gasteiger charge is -2.38. The van der Waals surface area contributed by atoms with Crippen molar-refractivity contribution < 1.29 is 13.9 Å². The molecule has 4 heteroatoms.